The molecule has 0 radical (unpaired) electrons. The minimum atomic E-state index is -0.521. The van der Waals surface area contributed by atoms with E-state index in [0.29, 0.717) is 6.54 Å². The van der Waals surface area contributed by atoms with E-state index >= 15 is 0 Å². The molecule has 2 unspecified atom stereocenters. The van der Waals surface area contributed by atoms with Gasteiger partial charge in [0.2, 0.25) is 0 Å². The van der Waals surface area contributed by atoms with Crippen molar-refractivity contribution in [3.63, 3.8) is 0 Å². The van der Waals surface area contributed by atoms with Crippen LogP contribution in [-0.2, 0) is 4.74 Å². The lowest BCUT2D eigenvalue weighted by Crippen LogP contribution is -2.41. The molecule has 1 amide bonds. The molecule has 0 bridgehead atoms. The van der Waals surface area contributed by atoms with E-state index in [9.17, 15) is 14.9 Å². The van der Waals surface area contributed by atoms with Crippen molar-refractivity contribution in [3.05, 3.63) is 39.9 Å². The zero-order valence-corrected chi connectivity index (χ0v) is 14.3. The highest BCUT2D eigenvalue weighted by Crippen LogP contribution is 2.17. The number of rotatable bonds is 6. The number of nitrogens with one attached hydrogen (secondary N) is 2. The summed E-state index contributed by atoms with van der Waals surface area (Å²) in [6, 6.07) is 6.45. The smallest absolute Gasteiger partial charge is 0.407 e. The molecule has 23 heavy (non-hydrogen) atoms. The molecule has 0 aliphatic heterocycles. The third-order valence-electron chi connectivity index (χ3n) is 3.09. The van der Waals surface area contributed by atoms with Crippen molar-refractivity contribution in [2.75, 3.05) is 6.54 Å². The number of alkyl carbamates (subject to hydrolysis) is 1. The van der Waals surface area contributed by atoms with Gasteiger partial charge in [0.05, 0.1) is 4.92 Å². The fraction of sp³-hybridized carbons (Fsp3) is 0.562. The Labute approximate surface area is 136 Å². The first-order valence-electron chi connectivity index (χ1n) is 7.56. The second-order valence-corrected chi connectivity index (χ2v) is 6.52. The van der Waals surface area contributed by atoms with Crippen molar-refractivity contribution < 1.29 is 14.5 Å². The predicted molar refractivity (Wildman–Crippen MR) is 88.3 cm³/mol. The molecule has 0 heterocycles. The van der Waals surface area contributed by atoms with E-state index in [1.54, 1.807) is 12.1 Å². The van der Waals surface area contributed by atoms with Crippen molar-refractivity contribution in [3.8, 4) is 0 Å². The number of hydrogen-bond acceptors (Lipinski definition) is 5. The van der Waals surface area contributed by atoms with E-state index in [0.717, 1.165) is 5.56 Å². The highest BCUT2D eigenvalue weighted by Gasteiger charge is 2.17. The summed E-state index contributed by atoms with van der Waals surface area (Å²) in [5.74, 6) is 0. The molecule has 0 saturated carbocycles. The number of ether oxygens (including phenoxy) is 1. The van der Waals surface area contributed by atoms with E-state index in [4.69, 9.17) is 4.74 Å². The van der Waals surface area contributed by atoms with Gasteiger partial charge in [-0.05, 0) is 40.2 Å². The van der Waals surface area contributed by atoms with Gasteiger partial charge in [0.25, 0.3) is 5.69 Å². The number of nitro groups is 1. The van der Waals surface area contributed by atoms with Crippen LogP contribution < -0.4 is 10.6 Å². The van der Waals surface area contributed by atoms with Crippen molar-refractivity contribution >= 4 is 11.8 Å². The van der Waals surface area contributed by atoms with Crippen LogP contribution in [0.1, 0.15) is 46.2 Å². The lowest BCUT2D eigenvalue weighted by Gasteiger charge is -2.23. The third-order valence-corrected chi connectivity index (χ3v) is 3.09. The van der Waals surface area contributed by atoms with Crippen LogP contribution in [0.5, 0.6) is 0 Å². The monoisotopic (exact) mass is 323 g/mol. The zero-order valence-electron chi connectivity index (χ0n) is 14.3. The number of nitro benzene ring substituents is 1. The van der Waals surface area contributed by atoms with Gasteiger partial charge in [-0.15, -0.1) is 0 Å². The minimum Gasteiger partial charge on any atom is -0.444 e. The number of non-ortho nitro benzene ring substituents is 1. The van der Waals surface area contributed by atoms with Crippen molar-refractivity contribution in [1.29, 1.82) is 0 Å². The third kappa shape index (κ3) is 7.10. The lowest BCUT2D eigenvalue weighted by atomic mass is 10.1. The minimum absolute atomic E-state index is 0.00578. The Morgan fingerprint density at radius 2 is 1.83 bits per heavy atom. The van der Waals surface area contributed by atoms with Crippen LogP contribution in [-0.4, -0.2) is 29.2 Å². The van der Waals surface area contributed by atoms with Crippen molar-refractivity contribution in [1.82, 2.24) is 10.6 Å². The van der Waals surface area contributed by atoms with E-state index in [2.05, 4.69) is 10.6 Å². The van der Waals surface area contributed by atoms with Gasteiger partial charge in [0.15, 0.2) is 0 Å². The molecule has 2 atom stereocenters. The van der Waals surface area contributed by atoms with Crippen molar-refractivity contribution in [2.24, 2.45) is 0 Å². The van der Waals surface area contributed by atoms with Gasteiger partial charge < -0.3 is 15.4 Å². The van der Waals surface area contributed by atoms with Gasteiger partial charge in [0, 0.05) is 30.8 Å². The van der Waals surface area contributed by atoms with Gasteiger partial charge in [-0.25, -0.2) is 4.79 Å². The summed E-state index contributed by atoms with van der Waals surface area (Å²) in [6.45, 7) is 9.76. The summed E-state index contributed by atoms with van der Waals surface area (Å²) in [5.41, 5.74) is 0.493. The topological polar surface area (TPSA) is 93.5 Å². The molecule has 0 aliphatic rings. The van der Waals surface area contributed by atoms with E-state index < -0.39 is 16.6 Å². The van der Waals surface area contributed by atoms with Crippen LogP contribution in [0.25, 0.3) is 0 Å². The van der Waals surface area contributed by atoms with Gasteiger partial charge in [-0.2, -0.15) is 0 Å². The van der Waals surface area contributed by atoms with Crippen LogP contribution in [0.4, 0.5) is 10.5 Å². The van der Waals surface area contributed by atoms with Crippen LogP contribution in [0.3, 0.4) is 0 Å². The summed E-state index contributed by atoms with van der Waals surface area (Å²) in [4.78, 5) is 21.8. The first-order chi connectivity index (χ1) is 10.6. The fourth-order valence-corrected chi connectivity index (χ4v) is 2.02. The summed E-state index contributed by atoms with van der Waals surface area (Å²) in [7, 11) is 0. The number of nitrogens with zero attached hydrogens (tertiary/aromatic N) is 1. The molecule has 1 aromatic rings. The van der Waals surface area contributed by atoms with E-state index in [-0.39, 0.29) is 17.8 Å². The second kappa shape index (κ2) is 7.92. The molecule has 0 fully saturated rings. The summed E-state index contributed by atoms with van der Waals surface area (Å²) in [6.07, 6.45) is -0.450. The zero-order chi connectivity index (χ0) is 17.6. The van der Waals surface area contributed by atoms with E-state index in [1.165, 1.54) is 12.1 Å². The molecule has 1 rings (SSSR count). The van der Waals surface area contributed by atoms with Crippen molar-refractivity contribution in [2.45, 2.75) is 52.3 Å². The number of amides is 1. The molecular formula is C16H25N3O4. The summed E-state index contributed by atoms with van der Waals surface area (Å²) in [5, 5.41) is 16.7. The molecule has 2 N–H and O–H groups in total. The average Bonchev–Trinajstić information content (AvgIpc) is 2.43. The number of carbonyl (C=O) groups is 1. The standard InChI is InChI=1S/C16H25N3O4/c1-11(10-17-15(20)23-16(3,4)5)18-12(2)13-6-8-14(9-7-13)19(21)22/h6-9,11-12,18H,10H2,1-5H3,(H,17,20). The Kier molecular flexibility index (Phi) is 6.50. The SMILES string of the molecule is CC(CNC(=O)OC(C)(C)C)NC(C)c1ccc([N+](=O)[O-])cc1. The maximum Gasteiger partial charge on any atom is 0.407 e. The number of carbonyl (C=O) groups excluding carboxylic acids is 1. The molecule has 7 heteroatoms. The quantitative estimate of drug-likeness (QED) is 0.619. The van der Waals surface area contributed by atoms with Gasteiger partial charge in [0.1, 0.15) is 5.60 Å². The largest absolute Gasteiger partial charge is 0.444 e. The van der Waals surface area contributed by atoms with Crippen LogP contribution in [0.15, 0.2) is 24.3 Å². The van der Waals surface area contributed by atoms with Gasteiger partial charge in [-0.1, -0.05) is 12.1 Å². The fourth-order valence-electron chi connectivity index (χ4n) is 2.02. The second-order valence-electron chi connectivity index (χ2n) is 6.52. The average molecular weight is 323 g/mol. The Balaban J connectivity index is 2.45. The molecular weight excluding hydrogens is 298 g/mol. The van der Waals surface area contributed by atoms with Gasteiger partial charge in [-0.3, -0.25) is 10.1 Å². The lowest BCUT2D eigenvalue weighted by molar-refractivity contribution is -0.384. The maximum atomic E-state index is 11.6. The Morgan fingerprint density at radius 1 is 1.26 bits per heavy atom. The Bertz CT molecular complexity index is 537. The molecule has 128 valence electrons. The van der Waals surface area contributed by atoms with Crippen LogP contribution in [0, 0.1) is 10.1 Å². The highest BCUT2D eigenvalue weighted by atomic mass is 16.6. The summed E-state index contributed by atoms with van der Waals surface area (Å²) >= 11 is 0. The molecule has 0 aliphatic carbocycles. The first-order valence-corrected chi connectivity index (χ1v) is 7.56. The summed E-state index contributed by atoms with van der Waals surface area (Å²) < 4.78 is 5.17. The Morgan fingerprint density at radius 3 is 2.30 bits per heavy atom. The molecule has 0 saturated heterocycles. The van der Waals surface area contributed by atoms with E-state index in [1.807, 2.05) is 34.6 Å². The predicted octanol–water partition coefficient (Wildman–Crippen LogP) is 3.16. The normalized spacial score (nSPS) is 14.0. The molecule has 1 aromatic carbocycles. The maximum absolute atomic E-state index is 11.6. The first kappa shape index (κ1) is 18.9. The molecule has 0 spiro atoms. The number of benzene rings is 1. The number of hydrogen-bond donors (Lipinski definition) is 2. The van der Waals surface area contributed by atoms with Crippen LogP contribution in [0.2, 0.25) is 0 Å². The molecule has 7 nitrogen and oxygen atoms in total. The van der Waals surface area contributed by atoms with Gasteiger partial charge >= 0.3 is 6.09 Å². The molecule has 0 aromatic heterocycles. The van der Waals surface area contributed by atoms with Crippen LogP contribution >= 0.6 is 0 Å². The highest BCUT2D eigenvalue weighted by molar-refractivity contribution is 5.67. The Hall–Kier alpha value is -2.15.